The average Bonchev–Trinajstić information content (AvgIpc) is 2.80. The molecule has 0 saturated carbocycles. The number of benzene rings is 2. The molecule has 6 N–H and O–H groups in total. The number of nitrogens with two attached hydrogens (primary N) is 1. The summed E-state index contributed by atoms with van der Waals surface area (Å²) in [5, 5.41) is 26.6. The van der Waals surface area contributed by atoms with E-state index in [2.05, 4.69) is 26.2 Å². The second-order valence-electron chi connectivity index (χ2n) is 7.50. The number of carbonyl (C=O) groups excluding carboxylic acids is 1. The van der Waals surface area contributed by atoms with E-state index in [-0.39, 0.29) is 22.1 Å². The van der Waals surface area contributed by atoms with E-state index >= 15 is 0 Å². The summed E-state index contributed by atoms with van der Waals surface area (Å²) in [6.07, 6.45) is 0. The highest BCUT2D eigenvalue weighted by Crippen LogP contribution is 2.20. The maximum Gasteiger partial charge on any atom is 0.279 e. The molecule has 2 aromatic rings. The molecule has 184 valence electrons. The molecule has 0 heterocycles. The standard InChI is InChI=1S/C23H32N6O4S/c1-17-5-3-4-6-21(17)27-23(31)22(18(2)30)29-28-19-7-9-20(10-8-19)34(32,33)16-15-26-14-13-25-12-11-24/h3-10,25-26,30H,11-16,24H2,1-2H3,(H,27,31)/b22-18+,29-28?. The lowest BCUT2D eigenvalue weighted by atomic mass is 10.2. The summed E-state index contributed by atoms with van der Waals surface area (Å²) < 4.78 is 25.0. The Morgan fingerprint density at radius 2 is 1.65 bits per heavy atom. The van der Waals surface area contributed by atoms with E-state index in [1.54, 1.807) is 12.1 Å². The van der Waals surface area contributed by atoms with Crippen LogP contribution in [0.3, 0.4) is 0 Å². The fourth-order valence-electron chi connectivity index (χ4n) is 2.86. The van der Waals surface area contributed by atoms with E-state index in [1.165, 1.54) is 31.2 Å². The van der Waals surface area contributed by atoms with Crippen LogP contribution in [0.1, 0.15) is 12.5 Å². The molecule has 0 spiro atoms. The molecule has 10 nitrogen and oxygen atoms in total. The SMILES string of the molecule is C/C(O)=C(\N=Nc1ccc(S(=O)(=O)CCNCCNCCN)cc1)C(=O)Nc1ccccc1C. The molecule has 34 heavy (non-hydrogen) atoms. The minimum atomic E-state index is -3.46. The molecular formula is C23H32N6O4S. The van der Waals surface area contributed by atoms with E-state index in [1.807, 2.05) is 19.1 Å². The minimum absolute atomic E-state index is 0.0412. The first kappa shape index (κ1) is 27.1. The van der Waals surface area contributed by atoms with Crippen LogP contribution in [0.25, 0.3) is 0 Å². The number of aryl methyl sites for hydroxylation is 1. The van der Waals surface area contributed by atoms with Gasteiger partial charge in [0.25, 0.3) is 5.91 Å². The average molecular weight is 489 g/mol. The van der Waals surface area contributed by atoms with Crippen molar-refractivity contribution < 1.29 is 18.3 Å². The van der Waals surface area contributed by atoms with Crippen LogP contribution in [-0.2, 0) is 14.6 Å². The Labute approximate surface area is 200 Å². The number of carbonyl (C=O) groups is 1. The van der Waals surface area contributed by atoms with Crippen molar-refractivity contribution in [3.8, 4) is 0 Å². The molecule has 0 aromatic heterocycles. The fourth-order valence-corrected chi connectivity index (χ4v) is 4.06. The van der Waals surface area contributed by atoms with Gasteiger partial charge in [0, 0.05) is 38.4 Å². The van der Waals surface area contributed by atoms with Crippen LogP contribution in [0.4, 0.5) is 11.4 Å². The van der Waals surface area contributed by atoms with E-state index in [0.717, 1.165) is 12.1 Å². The number of hydrogen-bond donors (Lipinski definition) is 5. The van der Waals surface area contributed by atoms with Gasteiger partial charge in [-0.3, -0.25) is 4.79 Å². The number of nitrogens with zero attached hydrogens (tertiary/aromatic N) is 2. The Morgan fingerprint density at radius 3 is 2.26 bits per heavy atom. The number of amides is 1. The van der Waals surface area contributed by atoms with Gasteiger partial charge in [-0.25, -0.2) is 8.42 Å². The number of aliphatic hydroxyl groups is 1. The number of rotatable bonds is 13. The number of anilines is 1. The van der Waals surface area contributed by atoms with Gasteiger partial charge in [-0.1, -0.05) is 18.2 Å². The highest BCUT2D eigenvalue weighted by atomic mass is 32.2. The van der Waals surface area contributed by atoms with Crippen molar-refractivity contribution in [3.05, 3.63) is 65.6 Å². The second kappa shape index (κ2) is 13.6. The second-order valence-corrected chi connectivity index (χ2v) is 9.61. The summed E-state index contributed by atoms with van der Waals surface area (Å²) in [6, 6.07) is 13.1. The van der Waals surface area contributed by atoms with Crippen LogP contribution >= 0.6 is 0 Å². The number of allylic oxidation sites excluding steroid dienone is 1. The summed E-state index contributed by atoms with van der Waals surface area (Å²) in [6.45, 7) is 6.14. The molecule has 0 atom stereocenters. The quantitative estimate of drug-likeness (QED) is 0.125. The molecular weight excluding hydrogens is 456 g/mol. The Hall–Kier alpha value is -3.12. The third-order valence-corrected chi connectivity index (χ3v) is 6.49. The van der Waals surface area contributed by atoms with Crippen molar-refractivity contribution >= 4 is 27.1 Å². The topological polar surface area (TPSA) is 158 Å². The van der Waals surface area contributed by atoms with Crippen molar-refractivity contribution in [2.24, 2.45) is 16.0 Å². The monoisotopic (exact) mass is 488 g/mol. The summed E-state index contributed by atoms with van der Waals surface area (Å²) in [7, 11) is -3.46. The zero-order valence-electron chi connectivity index (χ0n) is 19.4. The van der Waals surface area contributed by atoms with Gasteiger partial charge in [0.05, 0.1) is 16.3 Å². The third-order valence-electron chi connectivity index (χ3n) is 4.76. The summed E-state index contributed by atoms with van der Waals surface area (Å²) >= 11 is 0. The van der Waals surface area contributed by atoms with E-state index in [4.69, 9.17) is 5.73 Å². The number of nitrogens with one attached hydrogen (secondary N) is 3. The van der Waals surface area contributed by atoms with Gasteiger partial charge in [0.15, 0.2) is 15.5 Å². The zero-order chi connectivity index (χ0) is 25.0. The van der Waals surface area contributed by atoms with Crippen LogP contribution in [0.15, 0.2) is 75.1 Å². The van der Waals surface area contributed by atoms with Crippen molar-refractivity contribution in [2.75, 3.05) is 43.8 Å². The molecule has 0 unspecified atom stereocenters. The number of sulfone groups is 1. The predicted octanol–water partition coefficient (Wildman–Crippen LogP) is 2.42. The van der Waals surface area contributed by atoms with E-state index < -0.39 is 15.7 Å². The highest BCUT2D eigenvalue weighted by molar-refractivity contribution is 7.91. The van der Waals surface area contributed by atoms with Crippen LogP contribution in [0.5, 0.6) is 0 Å². The van der Waals surface area contributed by atoms with Crippen LogP contribution in [-0.4, -0.2) is 57.9 Å². The minimum Gasteiger partial charge on any atom is -0.510 e. The molecule has 2 aromatic carbocycles. The number of para-hydroxylation sites is 1. The highest BCUT2D eigenvalue weighted by Gasteiger charge is 2.15. The molecule has 1 amide bonds. The molecule has 2 rings (SSSR count). The normalized spacial score (nSPS) is 12.6. The van der Waals surface area contributed by atoms with Gasteiger partial charge >= 0.3 is 0 Å². The van der Waals surface area contributed by atoms with Gasteiger partial charge in [-0.05, 0) is 49.7 Å². The van der Waals surface area contributed by atoms with Gasteiger partial charge in [-0.15, -0.1) is 5.11 Å². The Morgan fingerprint density at radius 1 is 1.00 bits per heavy atom. The first-order chi connectivity index (χ1) is 16.2. The predicted molar refractivity (Wildman–Crippen MR) is 133 cm³/mol. The van der Waals surface area contributed by atoms with Crippen molar-refractivity contribution in [3.63, 3.8) is 0 Å². The van der Waals surface area contributed by atoms with Gasteiger partial charge in [-0.2, -0.15) is 5.11 Å². The molecule has 0 aliphatic carbocycles. The molecule has 0 aliphatic heterocycles. The Kier molecular flexibility index (Phi) is 10.8. The molecule has 0 aliphatic rings. The Balaban J connectivity index is 1.97. The molecule has 0 fully saturated rings. The van der Waals surface area contributed by atoms with Gasteiger partial charge < -0.3 is 26.8 Å². The van der Waals surface area contributed by atoms with Crippen LogP contribution in [0, 0.1) is 6.92 Å². The molecule has 11 heteroatoms. The number of azo groups is 1. The van der Waals surface area contributed by atoms with Crippen molar-refractivity contribution in [1.82, 2.24) is 10.6 Å². The van der Waals surface area contributed by atoms with Crippen molar-refractivity contribution in [1.29, 1.82) is 0 Å². The van der Waals surface area contributed by atoms with E-state index in [9.17, 15) is 18.3 Å². The third kappa shape index (κ3) is 8.67. The van der Waals surface area contributed by atoms with Crippen LogP contribution < -0.4 is 21.7 Å². The summed E-state index contributed by atoms with van der Waals surface area (Å²) in [5.41, 5.74) is 6.94. The summed E-state index contributed by atoms with van der Waals surface area (Å²) in [4.78, 5) is 12.7. The molecule has 0 radical (unpaired) electrons. The molecule has 0 saturated heterocycles. The van der Waals surface area contributed by atoms with Gasteiger partial charge in [0.1, 0.15) is 5.76 Å². The first-order valence-electron chi connectivity index (χ1n) is 10.9. The maximum absolute atomic E-state index is 12.5. The van der Waals surface area contributed by atoms with Gasteiger partial charge in [0.2, 0.25) is 0 Å². The lowest BCUT2D eigenvalue weighted by molar-refractivity contribution is -0.113. The molecule has 0 bridgehead atoms. The number of aliphatic hydroxyl groups excluding tert-OH is 1. The van der Waals surface area contributed by atoms with Crippen LogP contribution in [0.2, 0.25) is 0 Å². The lowest BCUT2D eigenvalue weighted by Crippen LogP contribution is -2.32. The Bertz CT molecular complexity index is 1110. The van der Waals surface area contributed by atoms with Crippen molar-refractivity contribution in [2.45, 2.75) is 18.7 Å². The van der Waals surface area contributed by atoms with E-state index in [0.29, 0.717) is 37.6 Å². The number of hydrogen-bond acceptors (Lipinski definition) is 9. The maximum atomic E-state index is 12.5. The zero-order valence-corrected chi connectivity index (χ0v) is 20.2. The lowest BCUT2D eigenvalue weighted by Gasteiger charge is -2.08. The fraction of sp³-hybridized carbons (Fsp3) is 0.348. The summed E-state index contributed by atoms with van der Waals surface area (Å²) in [5.74, 6) is -0.941. The largest absolute Gasteiger partial charge is 0.510 e. The first-order valence-corrected chi connectivity index (χ1v) is 12.5. The smallest absolute Gasteiger partial charge is 0.279 e.